The van der Waals surface area contributed by atoms with Crippen molar-refractivity contribution < 1.29 is 24.3 Å². The van der Waals surface area contributed by atoms with E-state index in [2.05, 4.69) is 0 Å². The molecule has 0 unspecified atom stereocenters. The Morgan fingerprint density at radius 1 is 1.38 bits per heavy atom. The van der Waals surface area contributed by atoms with Gasteiger partial charge in [-0.15, -0.1) is 0 Å². The van der Waals surface area contributed by atoms with Crippen LogP contribution in [-0.4, -0.2) is 40.5 Å². The van der Waals surface area contributed by atoms with Gasteiger partial charge in [0.25, 0.3) is 5.91 Å². The summed E-state index contributed by atoms with van der Waals surface area (Å²) in [5.41, 5.74) is -0.692. The Kier molecular flexibility index (Phi) is 5.23. The molecule has 0 rings (SSSR count). The molecule has 0 aromatic carbocycles. The van der Waals surface area contributed by atoms with E-state index in [1.54, 1.807) is 27.7 Å². The third-order valence-corrected chi connectivity index (χ3v) is 1.54. The van der Waals surface area contributed by atoms with Gasteiger partial charge in [-0.1, -0.05) is 0 Å². The number of ether oxygens (including phenoxy) is 1. The smallest absolute Gasteiger partial charge is 0.427 e. The predicted octanol–water partition coefficient (Wildman–Crippen LogP) is 1.08. The lowest BCUT2D eigenvalue weighted by Gasteiger charge is -2.26. The fraction of sp³-hybridized carbons (Fsp3) is 0.800. The summed E-state index contributed by atoms with van der Waals surface area (Å²) in [7, 11) is 0. The van der Waals surface area contributed by atoms with Crippen LogP contribution in [0.4, 0.5) is 4.79 Å². The molecule has 0 aliphatic carbocycles. The molecule has 0 radical (unpaired) electrons. The van der Waals surface area contributed by atoms with Gasteiger partial charge in [0, 0.05) is 6.92 Å². The highest BCUT2D eigenvalue weighted by Gasteiger charge is 2.25. The molecule has 0 fully saturated rings. The predicted molar refractivity (Wildman–Crippen MR) is 56.4 cm³/mol. The maximum Gasteiger partial charge on any atom is 0.534 e. The second-order valence-corrected chi connectivity index (χ2v) is 4.43. The molecule has 0 aliphatic heterocycles. The molecule has 0 heterocycles. The first kappa shape index (κ1) is 14.7. The lowest BCUT2D eigenvalue weighted by atomic mass is 10.2. The molecule has 0 saturated carbocycles. The molecule has 6 nitrogen and oxygen atoms in total. The zero-order valence-electron chi connectivity index (χ0n) is 10.3. The van der Waals surface area contributed by atoms with Crippen molar-refractivity contribution in [3.63, 3.8) is 0 Å². The minimum Gasteiger partial charge on any atom is -0.427 e. The number of carbonyl (C=O) groups excluding carboxylic acids is 2. The highest BCUT2D eigenvalue weighted by atomic mass is 16.8. The number of carbonyl (C=O) groups is 2. The summed E-state index contributed by atoms with van der Waals surface area (Å²) >= 11 is 0. The van der Waals surface area contributed by atoms with Crippen molar-refractivity contribution in [3.05, 3.63) is 0 Å². The van der Waals surface area contributed by atoms with Gasteiger partial charge < -0.3 is 14.7 Å². The number of hydroxylamine groups is 2. The Labute approximate surface area is 95.1 Å². The molecular weight excluding hydrogens is 214 g/mol. The quantitative estimate of drug-likeness (QED) is 0.570. The Hall–Kier alpha value is -1.30. The van der Waals surface area contributed by atoms with Gasteiger partial charge >= 0.3 is 6.16 Å². The monoisotopic (exact) mass is 233 g/mol. The summed E-state index contributed by atoms with van der Waals surface area (Å²) in [4.78, 5) is 27.1. The minimum atomic E-state index is -0.969. The number of nitrogens with zero attached hydrogens (tertiary/aromatic N) is 1. The van der Waals surface area contributed by atoms with E-state index < -0.39 is 23.7 Å². The lowest BCUT2D eigenvalue weighted by Crippen LogP contribution is -2.42. The van der Waals surface area contributed by atoms with E-state index in [1.807, 2.05) is 0 Å². The van der Waals surface area contributed by atoms with Crippen molar-refractivity contribution >= 4 is 12.1 Å². The molecular formula is C10H19NO5. The van der Waals surface area contributed by atoms with Crippen LogP contribution in [0.25, 0.3) is 0 Å². The summed E-state index contributed by atoms with van der Waals surface area (Å²) in [5, 5.41) is 9.66. The van der Waals surface area contributed by atoms with Crippen LogP contribution in [0.3, 0.4) is 0 Å². The van der Waals surface area contributed by atoms with Crippen molar-refractivity contribution in [2.45, 2.75) is 46.3 Å². The van der Waals surface area contributed by atoms with Crippen molar-refractivity contribution in [1.82, 2.24) is 5.06 Å². The molecule has 0 bridgehead atoms. The molecule has 1 N–H and O–H groups in total. The van der Waals surface area contributed by atoms with Crippen LogP contribution in [0.1, 0.15) is 34.6 Å². The van der Waals surface area contributed by atoms with E-state index in [-0.39, 0.29) is 6.61 Å². The van der Waals surface area contributed by atoms with Crippen LogP contribution in [-0.2, 0) is 14.4 Å². The fourth-order valence-electron chi connectivity index (χ4n) is 0.888. The molecule has 1 amide bonds. The average Bonchev–Trinajstić information content (AvgIpc) is 2.09. The van der Waals surface area contributed by atoms with E-state index in [9.17, 15) is 9.59 Å². The molecule has 0 aromatic rings. The van der Waals surface area contributed by atoms with Gasteiger partial charge in [0.05, 0.1) is 12.6 Å². The number of rotatable bonds is 2. The van der Waals surface area contributed by atoms with E-state index >= 15 is 0 Å². The van der Waals surface area contributed by atoms with Gasteiger partial charge in [0.1, 0.15) is 5.60 Å². The van der Waals surface area contributed by atoms with Crippen molar-refractivity contribution in [3.8, 4) is 0 Å². The summed E-state index contributed by atoms with van der Waals surface area (Å²) in [6.45, 7) is 7.52. The first-order valence-electron chi connectivity index (χ1n) is 4.99. The van der Waals surface area contributed by atoms with E-state index in [1.165, 1.54) is 6.92 Å². The van der Waals surface area contributed by atoms with E-state index in [0.29, 0.717) is 0 Å². The zero-order valence-corrected chi connectivity index (χ0v) is 10.3. The number of aliphatic hydroxyl groups is 1. The van der Waals surface area contributed by atoms with E-state index in [4.69, 9.17) is 14.7 Å². The van der Waals surface area contributed by atoms with Crippen LogP contribution in [0.5, 0.6) is 0 Å². The zero-order chi connectivity index (χ0) is 12.9. The molecule has 94 valence electrons. The topological polar surface area (TPSA) is 76.1 Å². The Morgan fingerprint density at radius 3 is 2.19 bits per heavy atom. The first-order valence-corrected chi connectivity index (χ1v) is 4.99. The Bertz CT molecular complexity index is 258. The number of amides is 1. The van der Waals surface area contributed by atoms with Crippen LogP contribution < -0.4 is 0 Å². The normalized spacial score (nSPS) is 12.9. The molecule has 6 heteroatoms. The third-order valence-electron chi connectivity index (χ3n) is 1.54. The third kappa shape index (κ3) is 5.55. The van der Waals surface area contributed by atoms with Crippen LogP contribution >= 0.6 is 0 Å². The fourth-order valence-corrected chi connectivity index (χ4v) is 0.888. The second kappa shape index (κ2) is 5.69. The van der Waals surface area contributed by atoms with Gasteiger partial charge in [-0.2, -0.15) is 5.06 Å². The molecule has 0 aromatic heterocycles. The molecule has 0 spiro atoms. The Balaban J connectivity index is 4.42. The minimum absolute atomic E-state index is 0.303. The van der Waals surface area contributed by atoms with Crippen molar-refractivity contribution in [2.24, 2.45) is 0 Å². The lowest BCUT2D eigenvalue weighted by molar-refractivity contribution is -0.188. The van der Waals surface area contributed by atoms with Crippen LogP contribution in [0.2, 0.25) is 0 Å². The molecule has 0 saturated heterocycles. The van der Waals surface area contributed by atoms with E-state index in [0.717, 1.165) is 5.06 Å². The van der Waals surface area contributed by atoms with Crippen molar-refractivity contribution in [2.75, 3.05) is 6.61 Å². The summed E-state index contributed by atoms with van der Waals surface area (Å²) in [6.07, 6.45) is -0.969. The Morgan fingerprint density at radius 2 is 1.88 bits per heavy atom. The SMILES string of the molecule is CC(=O)N(OC(=O)OC(C)(C)C)[C@H](C)CO. The number of hydrogen-bond donors (Lipinski definition) is 1. The van der Waals surface area contributed by atoms with Crippen molar-refractivity contribution in [1.29, 1.82) is 0 Å². The highest BCUT2D eigenvalue weighted by Crippen LogP contribution is 2.10. The molecule has 16 heavy (non-hydrogen) atoms. The van der Waals surface area contributed by atoms with Crippen LogP contribution in [0, 0.1) is 0 Å². The number of aliphatic hydroxyl groups excluding tert-OH is 1. The summed E-state index contributed by atoms with van der Waals surface area (Å²) in [6, 6.07) is -0.606. The van der Waals surface area contributed by atoms with Gasteiger partial charge in [-0.3, -0.25) is 4.79 Å². The first-order chi connectivity index (χ1) is 7.17. The highest BCUT2D eigenvalue weighted by molar-refractivity contribution is 5.74. The van der Waals surface area contributed by atoms with Gasteiger partial charge in [0.2, 0.25) is 0 Å². The van der Waals surface area contributed by atoms with Gasteiger partial charge in [0.15, 0.2) is 0 Å². The number of hydrogen-bond acceptors (Lipinski definition) is 5. The van der Waals surface area contributed by atoms with Crippen LogP contribution in [0.15, 0.2) is 0 Å². The standard InChI is InChI=1S/C10H19NO5/c1-7(6-12)11(8(2)13)16-9(14)15-10(3,4)5/h7,12H,6H2,1-5H3/t7-/m1/s1. The maximum atomic E-state index is 11.3. The largest absolute Gasteiger partial charge is 0.534 e. The summed E-state index contributed by atoms with van der Waals surface area (Å²) < 4.78 is 4.88. The van der Waals surface area contributed by atoms with Gasteiger partial charge in [-0.05, 0) is 27.7 Å². The molecule has 0 aliphatic rings. The summed E-state index contributed by atoms with van der Waals surface area (Å²) in [5.74, 6) is -0.479. The molecule has 1 atom stereocenters. The maximum absolute atomic E-state index is 11.3. The average molecular weight is 233 g/mol. The second-order valence-electron chi connectivity index (χ2n) is 4.43. The van der Waals surface area contributed by atoms with Gasteiger partial charge in [-0.25, -0.2) is 4.79 Å².